The van der Waals surface area contributed by atoms with E-state index in [1.54, 1.807) is 12.1 Å². The number of nitrogens with zero attached hydrogens (tertiary/aromatic N) is 6. The van der Waals surface area contributed by atoms with Crippen LogP contribution >= 0.6 is 11.6 Å². The number of likely N-dealkylation sites (tertiary alicyclic amines) is 1. The van der Waals surface area contributed by atoms with Gasteiger partial charge in [-0.15, -0.1) is 0 Å². The monoisotopic (exact) mass is 481 g/mol. The Kier molecular flexibility index (Phi) is 6.74. The van der Waals surface area contributed by atoms with E-state index in [4.69, 9.17) is 22.3 Å². The Morgan fingerprint density at radius 2 is 1.85 bits per heavy atom. The molecule has 0 saturated carbocycles. The fourth-order valence-corrected chi connectivity index (χ4v) is 5.29. The van der Waals surface area contributed by atoms with Gasteiger partial charge in [-0.3, -0.25) is 0 Å². The van der Waals surface area contributed by atoms with Crippen molar-refractivity contribution < 1.29 is 4.39 Å². The lowest BCUT2D eigenvalue weighted by atomic mass is 9.93. The van der Waals surface area contributed by atoms with Gasteiger partial charge < -0.3 is 20.1 Å². The number of piperidine rings is 1. The second kappa shape index (κ2) is 9.92. The molecule has 1 aromatic carbocycles. The quantitative estimate of drug-likeness (QED) is 0.545. The normalized spacial score (nSPS) is 17.5. The van der Waals surface area contributed by atoms with E-state index in [9.17, 15) is 4.39 Å². The van der Waals surface area contributed by atoms with Gasteiger partial charge in [0.05, 0.1) is 10.7 Å². The SMILES string of the molecule is Bc1c(N)ncnc1N1CCC(c2nc(-c3ccc(F)c(Cl)c3)cn2CCN2CCCC2)CC1. The second-order valence-electron chi connectivity index (χ2n) is 9.32. The van der Waals surface area contributed by atoms with Crippen LogP contribution in [0.25, 0.3) is 11.3 Å². The molecule has 4 heterocycles. The molecule has 5 rings (SSSR count). The van der Waals surface area contributed by atoms with Gasteiger partial charge in [-0.2, -0.15) is 0 Å². The molecule has 10 heteroatoms. The Hall–Kier alpha value is -2.65. The summed E-state index contributed by atoms with van der Waals surface area (Å²) in [5, 5.41) is 0.124. The molecule has 2 aromatic heterocycles. The van der Waals surface area contributed by atoms with Gasteiger partial charge in [-0.1, -0.05) is 11.6 Å². The molecule has 0 aliphatic carbocycles. The maximum Gasteiger partial charge on any atom is 0.149 e. The highest BCUT2D eigenvalue weighted by Gasteiger charge is 2.27. The Morgan fingerprint density at radius 3 is 2.59 bits per heavy atom. The summed E-state index contributed by atoms with van der Waals surface area (Å²) in [6.45, 7) is 6.04. The van der Waals surface area contributed by atoms with Gasteiger partial charge in [0.2, 0.25) is 0 Å². The maximum atomic E-state index is 13.7. The lowest BCUT2D eigenvalue weighted by Gasteiger charge is -2.33. The highest BCUT2D eigenvalue weighted by Crippen LogP contribution is 2.32. The molecule has 0 radical (unpaired) electrons. The van der Waals surface area contributed by atoms with Crippen LogP contribution in [0.4, 0.5) is 16.0 Å². The number of hydrogen-bond donors (Lipinski definition) is 1. The summed E-state index contributed by atoms with van der Waals surface area (Å²) < 4.78 is 16.0. The van der Waals surface area contributed by atoms with Crippen molar-refractivity contribution in [2.24, 2.45) is 0 Å². The van der Waals surface area contributed by atoms with Crippen molar-refractivity contribution in [2.45, 2.75) is 38.1 Å². The minimum absolute atomic E-state index is 0.124. The molecular weight excluding hydrogens is 452 g/mol. The number of imidazole rings is 1. The lowest BCUT2D eigenvalue weighted by Crippen LogP contribution is -2.38. The first-order valence-electron chi connectivity index (χ1n) is 12.1. The third kappa shape index (κ3) is 4.77. The van der Waals surface area contributed by atoms with Gasteiger partial charge in [0.15, 0.2) is 0 Å². The molecule has 0 unspecified atom stereocenters. The number of aromatic nitrogens is 4. The first kappa shape index (κ1) is 23.1. The third-order valence-electron chi connectivity index (χ3n) is 7.13. The predicted molar refractivity (Wildman–Crippen MR) is 137 cm³/mol. The van der Waals surface area contributed by atoms with E-state index in [1.165, 1.54) is 38.3 Å². The molecule has 2 fully saturated rings. The second-order valence-corrected chi connectivity index (χ2v) is 9.73. The predicted octanol–water partition coefficient (Wildman–Crippen LogP) is 2.45. The van der Waals surface area contributed by atoms with Crippen molar-refractivity contribution in [2.75, 3.05) is 43.4 Å². The fourth-order valence-electron chi connectivity index (χ4n) is 5.11. The van der Waals surface area contributed by atoms with Crippen LogP contribution in [0, 0.1) is 5.82 Å². The zero-order valence-electron chi connectivity index (χ0n) is 19.6. The van der Waals surface area contributed by atoms with Gasteiger partial charge >= 0.3 is 0 Å². The van der Waals surface area contributed by atoms with Crippen LogP contribution in [-0.2, 0) is 6.54 Å². The van der Waals surface area contributed by atoms with Crippen molar-refractivity contribution in [1.82, 2.24) is 24.4 Å². The Bertz CT molecular complexity index is 1160. The maximum absolute atomic E-state index is 13.7. The molecule has 2 aliphatic heterocycles. The number of anilines is 2. The topological polar surface area (TPSA) is 76.1 Å². The summed E-state index contributed by atoms with van der Waals surface area (Å²) in [6.07, 6.45) is 8.16. The van der Waals surface area contributed by atoms with Gasteiger partial charge in [0.1, 0.15) is 37.5 Å². The number of benzene rings is 1. The number of hydrogen-bond acceptors (Lipinski definition) is 6. The largest absolute Gasteiger partial charge is 0.384 e. The van der Waals surface area contributed by atoms with Gasteiger partial charge in [0.25, 0.3) is 0 Å². The summed E-state index contributed by atoms with van der Waals surface area (Å²) in [5.41, 5.74) is 8.63. The molecule has 0 atom stereocenters. The molecule has 0 bridgehead atoms. The van der Waals surface area contributed by atoms with Crippen LogP contribution in [0.3, 0.4) is 0 Å². The van der Waals surface area contributed by atoms with E-state index >= 15 is 0 Å². The number of halogens is 2. The Labute approximate surface area is 205 Å². The average Bonchev–Trinajstić information content (AvgIpc) is 3.51. The Morgan fingerprint density at radius 1 is 1.09 bits per heavy atom. The van der Waals surface area contributed by atoms with E-state index in [2.05, 4.69) is 30.5 Å². The van der Waals surface area contributed by atoms with E-state index in [0.717, 1.165) is 67.4 Å². The smallest absolute Gasteiger partial charge is 0.149 e. The molecule has 2 aliphatic rings. The standard InChI is InChI=1S/C24H30BClFN7/c25-21-22(28)29-15-30-24(21)33-9-5-16(6-10-33)23-31-20(17-3-4-19(27)18(26)13-17)14-34(23)12-11-32-7-1-2-8-32/h3-4,13-16H,1-2,5-12,25H2,(H2,28,29,30). The van der Waals surface area contributed by atoms with E-state index in [1.807, 2.05) is 7.85 Å². The molecule has 34 heavy (non-hydrogen) atoms. The minimum Gasteiger partial charge on any atom is -0.384 e. The van der Waals surface area contributed by atoms with E-state index in [-0.39, 0.29) is 5.02 Å². The summed E-state index contributed by atoms with van der Waals surface area (Å²) in [7, 11) is 1.97. The average molecular weight is 482 g/mol. The zero-order chi connectivity index (χ0) is 23.7. The first-order chi connectivity index (χ1) is 16.5. The van der Waals surface area contributed by atoms with Crippen LogP contribution in [0.5, 0.6) is 0 Å². The van der Waals surface area contributed by atoms with Crippen LogP contribution in [0.1, 0.15) is 37.4 Å². The van der Waals surface area contributed by atoms with Crippen molar-refractivity contribution >= 4 is 36.5 Å². The summed E-state index contributed by atoms with van der Waals surface area (Å²) in [4.78, 5) is 18.4. The van der Waals surface area contributed by atoms with Crippen molar-refractivity contribution in [3.63, 3.8) is 0 Å². The third-order valence-corrected chi connectivity index (χ3v) is 7.42. The van der Waals surface area contributed by atoms with E-state index in [0.29, 0.717) is 11.7 Å². The van der Waals surface area contributed by atoms with Crippen molar-refractivity contribution in [3.05, 3.63) is 47.4 Å². The lowest BCUT2D eigenvalue weighted by molar-refractivity contribution is 0.317. The fraction of sp³-hybridized carbons (Fsp3) is 0.458. The molecule has 0 amide bonds. The summed E-state index contributed by atoms with van der Waals surface area (Å²) in [6, 6.07) is 4.83. The molecular formula is C24H30BClFN7. The molecule has 7 nitrogen and oxygen atoms in total. The molecule has 178 valence electrons. The van der Waals surface area contributed by atoms with Crippen LogP contribution in [-0.4, -0.2) is 65.0 Å². The number of nitrogen functional groups attached to an aromatic ring is 1. The van der Waals surface area contributed by atoms with Crippen molar-refractivity contribution in [1.29, 1.82) is 0 Å². The van der Waals surface area contributed by atoms with Crippen LogP contribution in [0.15, 0.2) is 30.7 Å². The summed E-state index contributed by atoms with van der Waals surface area (Å²) in [5.74, 6) is 2.50. The van der Waals surface area contributed by atoms with Gasteiger partial charge in [-0.05, 0) is 62.4 Å². The minimum atomic E-state index is -0.410. The van der Waals surface area contributed by atoms with Crippen molar-refractivity contribution in [3.8, 4) is 11.3 Å². The van der Waals surface area contributed by atoms with Gasteiger partial charge in [0, 0.05) is 43.9 Å². The highest BCUT2D eigenvalue weighted by molar-refractivity contribution is 6.38. The number of rotatable bonds is 6. The van der Waals surface area contributed by atoms with Gasteiger partial charge in [-0.25, -0.2) is 19.3 Å². The Balaban J connectivity index is 1.37. The van der Waals surface area contributed by atoms with E-state index < -0.39 is 5.82 Å². The molecule has 2 saturated heterocycles. The number of nitrogens with two attached hydrogens (primary N) is 1. The molecule has 0 spiro atoms. The zero-order valence-corrected chi connectivity index (χ0v) is 20.3. The summed E-state index contributed by atoms with van der Waals surface area (Å²) >= 11 is 6.06. The molecule has 2 N–H and O–H groups in total. The van der Waals surface area contributed by atoms with Crippen LogP contribution < -0.4 is 16.1 Å². The van der Waals surface area contributed by atoms with Crippen LogP contribution in [0.2, 0.25) is 5.02 Å². The highest BCUT2D eigenvalue weighted by atomic mass is 35.5. The first-order valence-corrected chi connectivity index (χ1v) is 12.4. The molecule has 3 aromatic rings.